The van der Waals surface area contributed by atoms with Gasteiger partial charge in [-0.1, -0.05) is 37.0 Å². The second-order valence-electron chi connectivity index (χ2n) is 8.90. The number of nitrogens with zero attached hydrogens (tertiary/aromatic N) is 2. The van der Waals surface area contributed by atoms with Gasteiger partial charge in [0.25, 0.3) is 0 Å². The number of carboxylic acids is 1. The Labute approximate surface area is 192 Å². The molecule has 1 aromatic carbocycles. The Kier molecular flexibility index (Phi) is 8.51. The van der Waals surface area contributed by atoms with Crippen LogP contribution in [0.5, 0.6) is 0 Å². The summed E-state index contributed by atoms with van der Waals surface area (Å²) in [6, 6.07) is 3.25. The molecule has 0 saturated carbocycles. The summed E-state index contributed by atoms with van der Waals surface area (Å²) in [5, 5.41) is 13.8. The highest BCUT2D eigenvalue weighted by Crippen LogP contribution is 2.21. The molecule has 170 valence electrons. The van der Waals surface area contributed by atoms with E-state index in [4.69, 9.17) is 27.9 Å². The van der Waals surface area contributed by atoms with Gasteiger partial charge in [-0.05, 0) is 56.9 Å². The van der Waals surface area contributed by atoms with Crippen LogP contribution in [0.1, 0.15) is 58.3 Å². The molecule has 2 aromatic rings. The number of carboxylic acid groups (broad SMARTS) is 1. The number of esters is 1. The Morgan fingerprint density at radius 1 is 1.19 bits per heavy atom. The zero-order valence-corrected chi connectivity index (χ0v) is 19.9. The minimum Gasteiger partial charge on any atom is -0.480 e. The molecule has 1 heterocycles. The van der Waals surface area contributed by atoms with Gasteiger partial charge in [0.1, 0.15) is 11.6 Å². The highest BCUT2D eigenvalue weighted by atomic mass is 35.5. The lowest BCUT2D eigenvalue weighted by molar-refractivity contribution is -0.158. The van der Waals surface area contributed by atoms with Gasteiger partial charge in [-0.2, -0.15) is 0 Å². The van der Waals surface area contributed by atoms with Gasteiger partial charge in [-0.15, -0.1) is 0 Å². The largest absolute Gasteiger partial charge is 0.480 e. The van der Waals surface area contributed by atoms with Gasteiger partial charge in [0.2, 0.25) is 0 Å². The van der Waals surface area contributed by atoms with Gasteiger partial charge in [-0.3, -0.25) is 14.9 Å². The van der Waals surface area contributed by atoms with Gasteiger partial charge in [-0.25, -0.2) is 4.98 Å². The average molecular weight is 470 g/mol. The summed E-state index contributed by atoms with van der Waals surface area (Å²) in [6.07, 6.45) is 3.59. The fourth-order valence-corrected chi connectivity index (χ4v) is 3.66. The average Bonchev–Trinajstić information content (AvgIpc) is 3.03. The number of halogens is 2. The summed E-state index contributed by atoms with van der Waals surface area (Å²) in [6.45, 7) is 9.65. The molecule has 9 heteroatoms. The van der Waals surface area contributed by atoms with Crippen molar-refractivity contribution in [3.63, 3.8) is 0 Å². The number of nitrogens with one attached hydrogen (secondary N) is 1. The Hall–Kier alpha value is -2.09. The number of aliphatic carboxylic acids is 1. The van der Waals surface area contributed by atoms with E-state index in [0.29, 0.717) is 23.0 Å². The van der Waals surface area contributed by atoms with E-state index >= 15 is 0 Å². The molecular formula is C22H29Cl2N3O4. The first-order valence-corrected chi connectivity index (χ1v) is 10.8. The number of hydrogen-bond acceptors (Lipinski definition) is 5. The first kappa shape index (κ1) is 25.2. The molecule has 2 rings (SSSR count). The third kappa shape index (κ3) is 8.16. The van der Waals surface area contributed by atoms with Gasteiger partial charge < -0.3 is 14.4 Å². The topological polar surface area (TPSA) is 93.5 Å². The van der Waals surface area contributed by atoms with E-state index in [1.165, 1.54) is 6.33 Å². The molecule has 0 saturated heterocycles. The molecule has 1 aromatic heterocycles. The Morgan fingerprint density at radius 3 is 2.32 bits per heavy atom. The summed E-state index contributed by atoms with van der Waals surface area (Å²) in [5.74, 6) is -1.46. The van der Waals surface area contributed by atoms with Crippen LogP contribution in [0.3, 0.4) is 0 Å². The molecule has 7 nitrogen and oxygen atoms in total. The van der Waals surface area contributed by atoms with Crippen LogP contribution in [-0.2, 0) is 20.9 Å². The molecule has 0 unspecified atom stereocenters. The minimum atomic E-state index is -1.17. The molecule has 2 N–H and O–H groups in total. The molecule has 0 radical (unpaired) electrons. The quantitative estimate of drug-likeness (QED) is 0.516. The smallest absolute Gasteiger partial charge is 0.327 e. The van der Waals surface area contributed by atoms with E-state index in [1.54, 1.807) is 49.7 Å². The first-order valence-electron chi connectivity index (χ1n) is 10.0. The first-order chi connectivity index (χ1) is 14.3. The standard InChI is InChI=1S/C22H29Cl2N3O4/c1-13(2)6-17(21(30)31-22(3,4)5)26-19(20(28)29)18-11-27(12-25-18)10-14-7-15(23)9-16(24)8-14/h7-9,11-13,17,19,26H,6,10H2,1-5H3,(H,28,29)/t17-,19-/m0/s1. The predicted molar refractivity (Wildman–Crippen MR) is 120 cm³/mol. The molecule has 0 aliphatic rings. The number of hydrogen-bond donors (Lipinski definition) is 2. The van der Waals surface area contributed by atoms with Crippen molar-refractivity contribution in [1.29, 1.82) is 0 Å². The number of imidazole rings is 1. The Balaban J connectivity index is 2.22. The number of ether oxygens (including phenoxy) is 1. The van der Waals surface area contributed by atoms with Crippen molar-refractivity contribution >= 4 is 35.1 Å². The molecule has 2 atom stereocenters. The van der Waals surface area contributed by atoms with Crippen molar-refractivity contribution < 1.29 is 19.4 Å². The van der Waals surface area contributed by atoms with Crippen LogP contribution in [0.2, 0.25) is 10.0 Å². The number of carbonyl (C=O) groups excluding carboxylic acids is 1. The van der Waals surface area contributed by atoms with Crippen molar-refractivity contribution in [2.24, 2.45) is 5.92 Å². The zero-order chi connectivity index (χ0) is 23.3. The van der Waals surface area contributed by atoms with Gasteiger partial charge in [0, 0.05) is 22.8 Å². The zero-order valence-electron chi connectivity index (χ0n) is 18.4. The van der Waals surface area contributed by atoms with E-state index < -0.39 is 29.6 Å². The molecule has 0 aliphatic heterocycles. The van der Waals surface area contributed by atoms with E-state index in [-0.39, 0.29) is 11.6 Å². The normalized spacial score (nSPS) is 13.8. The van der Waals surface area contributed by atoms with Crippen LogP contribution in [0.25, 0.3) is 0 Å². The van der Waals surface area contributed by atoms with Gasteiger partial charge in [0.15, 0.2) is 6.04 Å². The third-order valence-electron chi connectivity index (χ3n) is 4.25. The third-order valence-corrected chi connectivity index (χ3v) is 4.69. The maximum absolute atomic E-state index is 12.7. The second-order valence-corrected chi connectivity index (χ2v) is 9.77. The van der Waals surface area contributed by atoms with Crippen molar-refractivity contribution in [1.82, 2.24) is 14.9 Å². The van der Waals surface area contributed by atoms with Crippen LogP contribution in [0, 0.1) is 5.92 Å². The van der Waals surface area contributed by atoms with Crippen LogP contribution < -0.4 is 5.32 Å². The van der Waals surface area contributed by atoms with E-state index in [1.807, 2.05) is 13.8 Å². The van der Waals surface area contributed by atoms with E-state index in [2.05, 4.69) is 10.3 Å². The summed E-state index contributed by atoms with van der Waals surface area (Å²) < 4.78 is 7.21. The molecule has 0 aliphatic carbocycles. The van der Waals surface area contributed by atoms with Gasteiger partial charge in [0.05, 0.1) is 12.0 Å². The Bertz CT molecular complexity index is 901. The molecule has 0 amide bonds. The second kappa shape index (κ2) is 10.5. The maximum Gasteiger partial charge on any atom is 0.327 e. The minimum absolute atomic E-state index is 0.157. The van der Waals surface area contributed by atoms with Gasteiger partial charge >= 0.3 is 11.9 Å². The van der Waals surface area contributed by atoms with Crippen molar-refractivity contribution in [3.05, 3.63) is 52.0 Å². The monoisotopic (exact) mass is 469 g/mol. The van der Waals surface area contributed by atoms with Crippen LogP contribution in [0.4, 0.5) is 0 Å². The Morgan fingerprint density at radius 2 is 1.81 bits per heavy atom. The summed E-state index contributed by atoms with van der Waals surface area (Å²) in [5.41, 5.74) is 0.470. The predicted octanol–water partition coefficient (Wildman–Crippen LogP) is 4.71. The highest BCUT2D eigenvalue weighted by molar-refractivity contribution is 6.34. The highest BCUT2D eigenvalue weighted by Gasteiger charge is 2.32. The van der Waals surface area contributed by atoms with Crippen LogP contribution in [-0.4, -0.2) is 38.2 Å². The molecule has 31 heavy (non-hydrogen) atoms. The van der Waals surface area contributed by atoms with Crippen molar-refractivity contribution in [2.45, 2.75) is 65.3 Å². The number of carbonyl (C=O) groups is 2. The number of rotatable bonds is 9. The van der Waals surface area contributed by atoms with Crippen molar-refractivity contribution in [3.8, 4) is 0 Å². The van der Waals surface area contributed by atoms with E-state index in [9.17, 15) is 14.7 Å². The van der Waals surface area contributed by atoms with Crippen LogP contribution >= 0.6 is 23.2 Å². The fourth-order valence-electron chi connectivity index (χ4n) is 3.09. The summed E-state index contributed by atoms with van der Waals surface area (Å²) in [4.78, 5) is 28.9. The summed E-state index contributed by atoms with van der Waals surface area (Å²) >= 11 is 12.1. The molecule has 0 fully saturated rings. The number of benzene rings is 1. The van der Waals surface area contributed by atoms with Crippen molar-refractivity contribution in [2.75, 3.05) is 0 Å². The SMILES string of the molecule is CC(C)C[C@H](N[C@H](C(=O)O)c1cn(Cc2cc(Cl)cc(Cl)c2)cn1)C(=O)OC(C)(C)C. The number of aromatic nitrogens is 2. The lowest BCUT2D eigenvalue weighted by atomic mass is 10.0. The maximum atomic E-state index is 12.7. The fraction of sp³-hybridized carbons (Fsp3) is 0.500. The lowest BCUT2D eigenvalue weighted by Crippen LogP contribution is -2.45. The molecule has 0 bridgehead atoms. The van der Waals surface area contributed by atoms with Crippen LogP contribution in [0.15, 0.2) is 30.7 Å². The lowest BCUT2D eigenvalue weighted by Gasteiger charge is -2.27. The molecule has 0 spiro atoms. The molecular weight excluding hydrogens is 441 g/mol. The van der Waals surface area contributed by atoms with E-state index in [0.717, 1.165) is 5.56 Å². The summed E-state index contributed by atoms with van der Waals surface area (Å²) in [7, 11) is 0.